The highest BCUT2D eigenvalue weighted by molar-refractivity contribution is 5.73. The van der Waals surface area contributed by atoms with Crippen LogP contribution in [0.4, 0.5) is 0 Å². The molecule has 0 aliphatic rings. The van der Waals surface area contributed by atoms with Gasteiger partial charge in [-0.05, 0) is 24.5 Å². The molecule has 2 N–H and O–H groups in total. The molecule has 0 aliphatic carbocycles. The Morgan fingerprint density at radius 3 is 2.58 bits per heavy atom. The number of aryl methyl sites for hydroxylation is 1. The molecule has 24 heavy (non-hydrogen) atoms. The smallest absolute Gasteiger partial charge is 0.320 e. The summed E-state index contributed by atoms with van der Waals surface area (Å²) in [6, 6.07) is 15.4. The van der Waals surface area contributed by atoms with Crippen LogP contribution in [0.1, 0.15) is 30.5 Å². The van der Waals surface area contributed by atoms with E-state index in [1.165, 1.54) is 5.56 Å². The summed E-state index contributed by atoms with van der Waals surface area (Å²) in [5.74, 6) is -0.0366. The number of carbonyl (C=O) groups is 1. The maximum absolute atomic E-state index is 11.3. The number of hydrogen-bond donors (Lipinski definition) is 2. The summed E-state index contributed by atoms with van der Waals surface area (Å²) >= 11 is 0. The van der Waals surface area contributed by atoms with Crippen LogP contribution in [0, 0.1) is 12.8 Å². The van der Waals surface area contributed by atoms with Crippen molar-refractivity contribution in [3.63, 3.8) is 0 Å². The summed E-state index contributed by atoms with van der Waals surface area (Å²) in [4.78, 5) is 11.3. The first kappa shape index (κ1) is 18.0. The Bertz CT molecular complexity index is 682. The summed E-state index contributed by atoms with van der Waals surface area (Å²) < 4.78 is 5.94. The first-order valence-electron chi connectivity index (χ1n) is 8.20. The number of benzene rings is 2. The van der Waals surface area contributed by atoms with Gasteiger partial charge in [-0.1, -0.05) is 61.9 Å². The van der Waals surface area contributed by atoms with Gasteiger partial charge in [0.15, 0.2) is 0 Å². The van der Waals surface area contributed by atoms with Crippen LogP contribution in [-0.4, -0.2) is 17.1 Å². The second kappa shape index (κ2) is 8.50. The number of para-hydroxylation sites is 1. The van der Waals surface area contributed by atoms with E-state index < -0.39 is 12.0 Å². The van der Waals surface area contributed by atoms with Gasteiger partial charge < -0.3 is 9.84 Å². The van der Waals surface area contributed by atoms with Crippen molar-refractivity contribution in [2.45, 2.75) is 40.0 Å². The summed E-state index contributed by atoms with van der Waals surface area (Å²) in [7, 11) is 0. The van der Waals surface area contributed by atoms with Gasteiger partial charge in [0.25, 0.3) is 0 Å². The molecule has 4 heteroatoms. The van der Waals surface area contributed by atoms with Crippen molar-refractivity contribution < 1.29 is 14.6 Å². The van der Waals surface area contributed by atoms with Crippen molar-refractivity contribution in [1.82, 2.24) is 5.32 Å². The highest BCUT2D eigenvalue weighted by atomic mass is 16.5. The molecule has 128 valence electrons. The molecule has 2 aromatic carbocycles. The molecule has 0 saturated heterocycles. The minimum atomic E-state index is -0.830. The van der Waals surface area contributed by atoms with Gasteiger partial charge in [0.1, 0.15) is 18.4 Å². The van der Waals surface area contributed by atoms with Gasteiger partial charge in [-0.2, -0.15) is 0 Å². The number of nitrogens with one attached hydrogen (secondary N) is 1. The van der Waals surface area contributed by atoms with E-state index in [-0.39, 0.29) is 5.92 Å². The van der Waals surface area contributed by atoms with Gasteiger partial charge in [-0.25, -0.2) is 0 Å². The van der Waals surface area contributed by atoms with Crippen LogP contribution in [0.2, 0.25) is 0 Å². The van der Waals surface area contributed by atoms with Crippen LogP contribution in [0.5, 0.6) is 5.75 Å². The van der Waals surface area contributed by atoms with E-state index in [0.29, 0.717) is 13.2 Å². The van der Waals surface area contributed by atoms with E-state index in [1.54, 1.807) is 0 Å². The molecule has 0 bridgehead atoms. The lowest BCUT2D eigenvalue weighted by atomic mass is 10.0. The number of ether oxygens (including phenoxy) is 1. The fourth-order valence-electron chi connectivity index (χ4n) is 2.58. The minimum Gasteiger partial charge on any atom is -0.489 e. The van der Waals surface area contributed by atoms with Crippen molar-refractivity contribution in [1.29, 1.82) is 0 Å². The van der Waals surface area contributed by atoms with Crippen LogP contribution < -0.4 is 10.1 Å². The topological polar surface area (TPSA) is 58.6 Å². The molecule has 0 aliphatic heterocycles. The van der Waals surface area contributed by atoms with Crippen molar-refractivity contribution in [2.75, 3.05) is 0 Å². The van der Waals surface area contributed by atoms with Gasteiger partial charge in [-0.15, -0.1) is 0 Å². The van der Waals surface area contributed by atoms with Crippen LogP contribution >= 0.6 is 0 Å². The molecule has 1 unspecified atom stereocenters. The molecule has 0 heterocycles. The molecule has 1 atom stereocenters. The lowest BCUT2D eigenvalue weighted by Crippen LogP contribution is -2.40. The van der Waals surface area contributed by atoms with E-state index in [1.807, 2.05) is 50.2 Å². The molecule has 0 saturated carbocycles. The predicted octanol–water partition coefficient (Wildman–Crippen LogP) is 3.77. The van der Waals surface area contributed by atoms with E-state index >= 15 is 0 Å². The average Bonchev–Trinajstić information content (AvgIpc) is 2.53. The number of hydrogen-bond acceptors (Lipinski definition) is 3. The minimum absolute atomic E-state index is 0.0166. The van der Waals surface area contributed by atoms with E-state index in [0.717, 1.165) is 16.9 Å². The molecule has 0 fully saturated rings. The van der Waals surface area contributed by atoms with Crippen molar-refractivity contribution in [2.24, 2.45) is 5.92 Å². The van der Waals surface area contributed by atoms with Crippen molar-refractivity contribution in [3.8, 4) is 5.75 Å². The van der Waals surface area contributed by atoms with Gasteiger partial charge >= 0.3 is 5.97 Å². The largest absolute Gasteiger partial charge is 0.489 e. The Labute approximate surface area is 143 Å². The second-order valence-corrected chi connectivity index (χ2v) is 6.33. The third-order valence-electron chi connectivity index (χ3n) is 3.89. The zero-order valence-corrected chi connectivity index (χ0v) is 14.5. The van der Waals surface area contributed by atoms with E-state index in [4.69, 9.17) is 4.74 Å². The first-order chi connectivity index (χ1) is 11.5. The summed E-state index contributed by atoms with van der Waals surface area (Å²) in [6.07, 6.45) is 0. The van der Waals surface area contributed by atoms with Crippen LogP contribution in [0.25, 0.3) is 0 Å². The Morgan fingerprint density at radius 1 is 1.17 bits per heavy atom. The molecular weight excluding hydrogens is 302 g/mol. The Kier molecular flexibility index (Phi) is 6.38. The Balaban J connectivity index is 2.03. The summed E-state index contributed by atoms with van der Waals surface area (Å²) in [5, 5.41) is 12.4. The number of rotatable bonds is 8. The number of aliphatic carboxylic acids is 1. The molecule has 0 spiro atoms. The second-order valence-electron chi connectivity index (χ2n) is 6.33. The molecular formula is C20H25NO3. The van der Waals surface area contributed by atoms with Gasteiger partial charge in [-0.3, -0.25) is 10.1 Å². The van der Waals surface area contributed by atoms with Crippen LogP contribution in [0.3, 0.4) is 0 Å². The standard InChI is InChI=1S/C20H25NO3/c1-14(2)19(20(22)23)21-12-17-9-4-5-10-18(17)24-13-16-8-6-7-15(3)11-16/h4-11,14,19,21H,12-13H2,1-3H3,(H,22,23). The highest BCUT2D eigenvalue weighted by Crippen LogP contribution is 2.20. The molecule has 0 aromatic heterocycles. The lowest BCUT2D eigenvalue weighted by Gasteiger charge is -2.19. The molecule has 4 nitrogen and oxygen atoms in total. The Morgan fingerprint density at radius 2 is 1.92 bits per heavy atom. The molecule has 0 amide bonds. The fourth-order valence-corrected chi connectivity index (χ4v) is 2.58. The number of carboxylic acid groups (broad SMARTS) is 1. The molecule has 0 radical (unpaired) electrons. The summed E-state index contributed by atoms with van der Waals surface area (Å²) in [6.45, 7) is 6.79. The van der Waals surface area contributed by atoms with Crippen molar-refractivity contribution >= 4 is 5.97 Å². The van der Waals surface area contributed by atoms with Crippen molar-refractivity contribution in [3.05, 3.63) is 65.2 Å². The third-order valence-corrected chi connectivity index (χ3v) is 3.89. The normalized spacial score (nSPS) is 12.2. The quantitative estimate of drug-likeness (QED) is 0.775. The average molecular weight is 327 g/mol. The molecule has 2 aromatic rings. The van der Waals surface area contributed by atoms with E-state index in [9.17, 15) is 9.90 Å². The number of carboxylic acids is 1. The lowest BCUT2D eigenvalue weighted by molar-refractivity contribution is -0.140. The SMILES string of the molecule is Cc1cccc(COc2ccccc2CNC(C(=O)O)C(C)C)c1. The predicted molar refractivity (Wildman–Crippen MR) is 95.1 cm³/mol. The van der Waals surface area contributed by atoms with Crippen LogP contribution in [-0.2, 0) is 17.9 Å². The zero-order chi connectivity index (χ0) is 17.5. The monoisotopic (exact) mass is 327 g/mol. The summed E-state index contributed by atoms with van der Waals surface area (Å²) in [5.41, 5.74) is 3.27. The highest BCUT2D eigenvalue weighted by Gasteiger charge is 2.20. The van der Waals surface area contributed by atoms with Gasteiger partial charge in [0.2, 0.25) is 0 Å². The Hall–Kier alpha value is -2.33. The molecule has 2 rings (SSSR count). The first-order valence-corrected chi connectivity index (χ1v) is 8.20. The van der Waals surface area contributed by atoms with Gasteiger partial charge in [0, 0.05) is 12.1 Å². The maximum atomic E-state index is 11.3. The van der Waals surface area contributed by atoms with Crippen LogP contribution in [0.15, 0.2) is 48.5 Å². The van der Waals surface area contributed by atoms with Gasteiger partial charge in [0.05, 0.1) is 0 Å². The van der Waals surface area contributed by atoms with E-state index in [2.05, 4.69) is 24.4 Å². The zero-order valence-electron chi connectivity index (χ0n) is 14.5. The third kappa shape index (κ3) is 5.10. The maximum Gasteiger partial charge on any atom is 0.320 e. The fraction of sp³-hybridized carbons (Fsp3) is 0.350.